The molecule has 0 aromatic carbocycles. The minimum absolute atomic E-state index is 0.379. The van der Waals surface area contributed by atoms with Gasteiger partial charge in [0.25, 0.3) is 0 Å². The molecular weight excluding hydrogens is 284 g/mol. The number of nitrogens with zero attached hydrogens (tertiary/aromatic N) is 6. The highest BCUT2D eigenvalue weighted by molar-refractivity contribution is 5.87. The summed E-state index contributed by atoms with van der Waals surface area (Å²) in [5.41, 5.74) is 1.12. The summed E-state index contributed by atoms with van der Waals surface area (Å²) in [7, 11) is 4.74. The molecular formula is C14H14N6O2. The molecule has 0 spiro atoms. The molecule has 3 aromatic rings. The van der Waals surface area contributed by atoms with Crippen LogP contribution >= 0.6 is 0 Å². The number of imidazole rings is 1. The largest absolute Gasteiger partial charge is 0.338 e. The Bertz CT molecular complexity index is 910. The van der Waals surface area contributed by atoms with E-state index in [2.05, 4.69) is 15.0 Å². The molecule has 112 valence electrons. The first-order valence-electron chi connectivity index (χ1n) is 6.57. The van der Waals surface area contributed by atoms with Gasteiger partial charge in [0.05, 0.1) is 6.20 Å². The number of aromatic nitrogens is 5. The first-order chi connectivity index (χ1) is 10.5. The molecule has 0 saturated carbocycles. The highest BCUT2D eigenvalue weighted by Gasteiger charge is 2.20. The summed E-state index contributed by atoms with van der Waals surface area (Å²) in [6.45, 7) is 0. The number of aryl methyl sites for hydroxylation is 1. The minimum atomic E-state index is -0.449. The normalized spacial score (nSPS) is 10.9. The highest BCUT2D eigenvalue weighted by atomic mass is 16.2. The third-order valence-electron chi connectivity index (χ3n) is 3.30. The topological polar surface area (TPSA) is 85.9 Å². The predicted octanol–water partition coefficient (Wildman–Crippen LogP) is 0.722. The standard InChI is InChI=1S/C14H14N6O2/c1-18(2)13(21)20-10-8-16-11(9-4-6-15-7-5-9)17-12(10)19(3)14(20)22/h4-8H,1-3H3. The van der Waals surface area contributed by atoms with Gasteiger partial charge in [-0.25, -0.2) is 24.1 Å². The molecule has 0 aliphatic carbocycles. The Balaban J connectivity index is 2.25. The van der Waals surface area contributed by atoms with Gasteiger partial charge in [0.15, 0.2) is 11.5 Å². The van der Waals surface area contributed by atoms with Gasteiger partial charge < -0.3 is 4.90 Å². The zero-order valence-corrected chi connectivity index (χ0v) is 12.4. The van der Waals surface area contributed by atoms with Crippen molar-refractivity contribution >= 4 is 17.2 Å². The average molecular weight is 298 g/mol. The lowest BCUT2D eigenvalue weighted by Crippen LogP contribution is -2.35. The highest BCUT2D eigenvalue weighted by Crippen LogP contribution is 2.17. The van der Waals surface area contributed by atoms with E-state index in [0.29, 0.717) is 17.0 Å². The Morgan fingerprint density at radius 3 is 2.55 bits per heavy atom. The Hall–Kier alpha value is -3.03. The summed E-state index contributed by atoms with van der Waals surface area (Å²) in [5, 5.41) is 0. The lowest BCUT2D eigenvalue weighted by Gasteiger charge is -2.09. The second-order valence-electron chi connectivity index (χ2n) is 4.99. The molecule has 0 aliphatic rings. The molecule has 1 amide bonds. The fourth-order valence-electron chi connectivity index (χ4n) is 2.14. The van der Waals surface area contributed by atoms with Gasteiger partial charge in [-0.2, -0.15) is 0 Å². The molecule has 0 saturated heterocycles. The number of hydrogen-bond acceptors (Lipinski definition) is 5. The van der Waals surface area contributed by atoms with Crippen molar-refractivity contribution in [2.45, 2.75) is 0 Å². The average Bonchev–Trinajstić information content (AvgIpc) is 2.78. The van der Waals surface area contributed by atoms with Crippen LogP contribution in [0.15, 0.2) is 35.5 Å². The number of amides is 1. The van der Waals surface area contributed by atoms with Crippen molar-refractivity contribution < 1.29 is 4.79 Å². The number of hydrogen-bond donors (Lipinski definition) is 0. The van der Waals surface area contributed by atoms with Gasteiger partial charge in [-0.1, -0.05) is 0 Å². The van der Waals surface area contributed by atoms with Crippen LogP contribution in [0.3, 0.4) is 0 Å². The molecule has 3 heterocycles. The first-order valence-corrected chi connectivity index (χ1v) is 6.57. The molecule has 0 N–H and O–H groups in total. The van der Waals surface area contributed by atoms with Crippen LogP contribution in [0.4, 0.5) is 4.79 Å². The van der Waals surface area contributed by atoms with E-state index in [1.54, 1.807) is 45.7 Å². The van der Waals surface area contributed by atoms with Crippen molar-refractivity contribution in [1.29, 1.82) is 0 Å². The minimum Gasteiger partial charge on any atom is -0.330 e. The van der Waals surface area contributed by atoms with E-state index in [0.717, 1.165) is 10.1 Å². The van der Waals surface area contributed by atoms with Gasteiger partial charge in [-0.15, -0.1) is 0 Å². The van der Waals surface area contributed by atoms with E-state index in [9.17, 15) is 9.59 Å². The fourth-order valence-corrected chi connectivity index (χ4v) is 2.14. The molecule has 8 nitrogen and oxygen atoms in total. The monoisotopic (exact) mass is 298 g/mol. The summed E-state index contributed by atoms with van der Waals surface area (Å²) in [4.78, 5) is 38.4. The Morgan fingerprint density at radius 2 is 1.91 bits per heavy atom. The quantitative estimate of drug-likeness (QED) is 0.661. The van der Waals surface area contributed by atoms with Gasteiger partial charge in [-0.3, -0.25) is 9.55 Å². The molecule has 0 radical (unpaired) electrons. The zero-order chi connectivity index (χ0) is 15.9. The Morgan fingerprint density at radius 1 is 1.23 bits per heavy atom. The van der Waals surface area contributed by atoms with Gasteiger partial charge in [-0.05, 0) is 12.1 Å². The molecule has 3 rings (SSSR count). The van der Waals surface area contributed by atoms with Crippen LogP contribution in [-0.2, 0) is 7.05 Å². The van der Waals surface area contributed by atoms with Crippen molar-refractivity contribution in [2.75, 3.05) is 14.1 Å². The SMILES string of the molecule is CN(C)C(=O)n1c(=O)n(C)c2nc(-c3ccncc3)ncc21. The third-order valence-corrected chi connectivity index (χ3v) is 3.30. The van der Waals surface area contributed by atoms with Crippen molar-refractivity contribution in [1.82, 2.24) is 29.0 Å². The van der Waals surface area contributed by atoms with Crippen LogP contribution in [0.2, 0.25) is 0 Å². The molecule has 0 unspecified atom stereocenters. The lowest BCUT2D eigenvalue weighted by molar-refractivity contribution is 0.219. The summed E-state index contributed by atoms with van der Waals surface area (Å²) in [6, 6.07) is 3.12. The van der Waals surface area contributed by atoms with Crippen molar-refractivity contribution in [3.8, 4) is 11.4 Å². The van der Waals surface area contributed by atoms with Gasteiger partial charge >= 0.3 is 11.7 Å². The van der Waals surface area contributed by atoms with Crippen molar-refractivity contribution in [3.63, 3.8) is 0 Å². The van der Waals surface area contributed by atoms with Crippen molar-refractivity contribution in [3.05, 3.63) is 41.2 Å². The molecule has 0 bridgehead atoms. The fraction of sp³-hybridized carbons (Fsp3) is 0.214. The summed E-state index contributed by atoms with van der Waals surface area (Å²) >= 11 is 0. The van der Waals surface area contributed by atoms with E-state index in [1.807, 2.05) is 0 Å². The number of rotatable bonds is 1. The first kappa shape index (κ1) is 13.9. The molecule has 8 heteroatoms. The van der Waals surface area contributed by atoms with Gasteiger partial charge in [0, 0.05) is 39.1 Å². The number of carbonyl (C=O) groups excluding carboxylic acids is 1. The van der Waals surface area contributed by atoms with Crippen LogP contribution < -0.4 is 5.69 Å². The maximum Gasteiger partial charge on any atom is 0.338 e. The molecule has 3 aromatic heterocycles. The smallest absolute Gasteiger partial charge is 0.330 e. The van der Waals surface area contributed by atoms with E-state index in [1.165, 1.54) is 15.7 Å². The molecule has 0 fully saturated rings. The van der Waals surface area contributed by atoms with E-state index in [4.69, 9.17) is 0 Å². The van der Waals surface area contributed by atoms with Gasteiger partial charge in [0.1, 0.15) is 5.52 Å². The summed E-state index contributed by atoms with van der Waals surface area (Å²) < 4.78 is 2.40. The third kappa shape index (κ3) is 2.05. The van der Waals surface area contributed by atoms with Crippen LogP contribution in [0.25, 0.3) is 22.6 Å². The Labute approximate surface area is 125 Å². The van der Waals surface area contributed by atoms with Gasteiger partial charge in [0.2, 0.25) is 0 Å². The molecule has 0 atom stereocenters. The number of carbonyl (C=O) groups is 1. The predicted molar refractivity (Wildman–Crippen MR) is 80.5 cm³/mol. The Kier molecular flexibility index (Phi) is 3.21. The maximum atomic E-state index is 12.3. The molecule has 0 aliphatic heterocycles. The lowest BCUT2D eigenvalue weighted by atomic mass is 10.2. The van der Waals surface area contributed by atoms with E-state index >= 15 is 0 Å². The second kappa shape index (κ2) is 5.06. The molecule has 22 heavy (non-hydrogen) atoms. The van der Waals surface area contributed by atoms with Crippen LogP contribution in [0.1, 0.15) is 0 Å². The van der Waals surface area contributed by atoms with Crippen molar-refractivity contribution in [2.24, 2.45) is 7.05 Å². The van der Waals surface area contributed by atoms with E-state index in [-0.39, 0.29) is 0 Å². The van der Waals surface area contributed by atoms with Crippen LogP contribution in [-0.4, -0.2) is 49.1 Å². The second-order valence-corrected chi connectivity index (χ2v) is 4.99. The number of fused-ring (bicyclic) bond motifs is 1. The van der Waals surface area contributed by atoms with Crippen LogP contribution in [0.5, 0.6) is 0 Å². The maximum absolute atomic E-state index is 12.3. The zero-order valence-electron chi connectivity index (χ0n) is 12.4. The number of pyridine rings is 1. The summed E-state index contributed by atoms with van der Waals surface area (Å²) in [5.74, 6) is 0.472. The van der Waals surface area contributed by atoms with E-state index < -0.39 is 11.7 Å². The van der Waals surface area contributed by atoms with Crippen LogP contribution in [0, 0.1) is 0 Å². The summed E-state index contributed by atoms with van der Waals surface area (Å²) in [6.07, 6.45) is 4.77.